The van der Waals surface area contributed by atoms with Gasteiger partial charge in [-0.25, -0.2) is 0 Å². The van der Waals surface area contributed by atoms with E-state index in [0.717, 1.165) is 51.9 Å². The van der Waals surface area contributed by atoms with Crippen molar-refractivity contribution in [1.82, 2.24) is 15.5 Å². The molecule has 1 aliphatic heterocycles. The van der Waals surface area contributed by atoms with Crippen LogP contribution in [0.3, 0.4) is 0 Å². The summed E-state index contributed by atoms with van der Waals surface area (Å²) in [5, 5.41) is 6.83. The molecule has 1 aliphatic carbocycles. The van der Waals surface area contributed by atoms with Gasteiger partial charge < -0.3 is 20.3 Å². The van der Waals surface area contributed by atoms with Crippen LogP contribution in [-0.4, -0.2) is 70.4 Å². The van der Waals surface area contributed by atoms with Crippen molar-refractivity contribution in [2.75, 3.05) is 58.4 Å². The molecule has 0 bridgehead atoms. The van der Waals surface area contributed by atoms with E-state index in [2.05, 4.69) is 56.7 Å². The zero-order valence-electron chi connectivity index (χ0n) is 17.6. The largest absolute Gasteiger partial charge is 0.379 e. The second-order valence-electron chi connectivity index (χ2n) is 7.88. The predicted molar refractivity (Wildman–Crippen MR) is 117 cm³/mol. The molecule has 28 heavy (non-hydrogen) atoms. The van der Waals surface area contributed by atoms with Crippen LogP contribution in [-0.2, 0) is 11.3 Å². The molecule has 2 aliphatic rings. The normalized spacial score (nSPS) is 19.4. The minimum absolute atomic E-state index is 0.701. The number of morpholine rings is 1. The van der Waals surface area contributed by atoms with Gasteiger partial charge in [0.2, 0.25) is 0 Å². The fourth-order valence-corrected chi connectivity index (χ4v) is 4.09. The lowest BCUT2D eigenvalue weighted by atomic mass is 9.94. The summed E-state index contributed by atoms with van der Waals surface area (Å²) in [5.41, 5.74) is 2.60. The molecular formula is C22H37N5O. The second-order valence-corrected chi connectivity index (χ2v) is 7.88. The highest BCUT2D eigenvalue weighted by molar-refractivity contribution is 5.79. The Balaban J connectivity index is 1.40. The van der Waals surface area contributed by atoms with Gasteiger partial charge in [0.1, 0.15) is 0 Å². The standard InChI is InChI=1S/C22H37N5O/c1-23-22(24-12-13-27-14-16-28-17-15-27)25-18-19-8-10-21(11-9-19)26(2)20-6-4-3-5-7-20/h8-11,20H,3-7,12-18H2,1-2H3,(H2,23,24,25). The number of nitrogens with one attached hydrogen (secondary N) is 2. The van der Waals surface area contributed by atoms with E-state index in [1.165, 1.54) is 43.4 Å². The van der Waals surface area contributed by atoms with Crippen LogP contribution in [0.25, 0.3) is 0 Å². The van der Waals surface area contributed by atoms with Gasteiger partial charge >= 0.3 is 0 Å². The summed E-state index contributed by atoms with van der Waals surface area (Å²) in [7, 11) is 4.07. The van der Waals surface area contributed by atoms with Crippen LogP contribution in [0.4, 0.5) is 5.69 Å². The van der Waals surface area contributed by atoms with Crippen molar-refractivity contribution in [3.8, 4) is 0 Å². The van der Waals surface area contributed by atoms with Crippen molar-refractivity contribution in [2.24, 2.45) is 4.99 Å². The van der Waals surface area contributed by atoms with E-state index < -0.39 is 0 Å². The Kier molecular flexibility index (Phi) is 8.42. The molecule has 0 radical (unpaired) electrons. The molecule has 3 rings (SSSR count). The van der Waals surface area contributed by atoms with Crippen molar-refractivity contribution in [3.05, 3.63) is 29.8 Å². The molecule has 1 heterocycles. The van der Waals surface area contributed by atoms with Crippen molar-refractivity contribution < 1.29 is 4.74 Å². The number of hydrogen-bond acceptors (Lipinski definition) is 4. The Labute approximate surface area is 170 Å². The predicted octanol–water partition coefficient (Wildman–Crippen LogP) is 2.45. The smallest absolute Gasteiger partial charge is 0.191 e. The van der Waals surface area contributed by atoms with E-state index in [1.54, 1.807) is 0 Å². The van der Waals surface area contributed by atoms with Crippen LogP contribution < -0.4 is 15.5 Å². The third-order valence-corrected chi connectivity index (χ3v) is 5.97. The van der Waals surface area contributed by atoms with E-state index in [4.69, 9.17) is 4.74 Å². The molecule has 1 aromatic carbocycles. The quantitative estimate of drug-likeness (QED) is 0.556. The van der Waals surface area contributed by atoms with E-state index in [1.807, 2.05) is 7.05 Å². The number of nitrogens with zero attached hydrogens (tertiary/aromatic N) is 3. The maximum Gasteiger partial charge on any atom is 0.191 e. The third kappa shape index (κ3) is 6.38. The lowest BCUT2D eigenvalue weighted by molar-refractivity contribution is 0.0389. The van der Waals surface area contributed by atoms with Crippen LogP contribution in [0.1, 0.15) is 37.7 Å². The molecule has 0 spiro atoms. The summed E-state index contributed by atoms with van der Waals surface area (Å²) in [6.45, 7) is 6.43. The van der Waals surface area contributed by atoms with Crippen LogP contribution >= 0.6 is 0 Å². The minimum atomic E-state index is 0.701. The first kappa shape index (κ1) is 20.9. The fraction of sp³-hybridized carbons (Fsp3) is 0.682. The average Bonchev–Trinajstić information content (AvgIpc) is 2.77. The minimum Gasteiger partial charge on any atom is -0.379 e. The topological polar surface area (TPSA) is 52.1 Å². The van der Waals surface area contributed by atoms with Crippen LogP contribution in [0.15, 0.2) is 29.3 Å². The van der Waals surface area contributed by atoms with Crippen LogP contribution in [0, 0.1) is 0 Å². The number of rotatable bonds is 7. The summed E-state index contributed by atoms with van der Waals surface area (Å²) in [6, 6.07) is 9.65. The van der Waals surface area contributed by atoms with Crippen LogP contribution in [0.2, 0.25) is 0 Å². The van der Waals surface area contributed by atoms with Gasteiger partial charge in [0, 0.05) is 58.5 Å². The SMILES string of the molecule is CN=C(NCCN1CCOCC1)NCc1ccc(N(C)C2CCCCC2)cc1. The summed E-state index contributed by atoms with van der Waals surface area (Å²) < 4.78 is 5.39. The van der Waals surface area contributed by atoms with Crippen molar-refractivity contribution in [3.63, 3.8) is 0 Å². The Hall–Kier alpha value is -1.79. The molecule has 2 N–H and O–H groups in total. The summed E-state index contributed by atoms with van der Waals surface area (Å²) >= 11 is 0. The van der Waals surface area contributed by atoms with Gasteiger partial charge in [0.05, 0.1) is 13.2 Å². The first-order chi connectivity index (χ1) is 13.8. The van der Waals surface area contributed by atoms with Gasteiger partial charge in [0.25, 0.3) is 0 Å². The summed E-state index contributed by atoms with van der Waals surface area (Å²) in [6.07, 6.45) is 6.79. The number of guanidine groups is 1. The number of aliphatic imine (C=N–C) groups is 1. The number of anilines is 1. The average molecular weight is 388 g/mol. The lowest BCUT2D eigenvalue weighted by Crippen LogP contribution is -2.44. The van der Waals surface area contributed by atoms with Crippen LogP contribution in [0.5, 0.6) is 0 Å². The van der Waals surface area contributed by atoms with Gasteiger partial charge in [0.15, 0.2) is 5.96 Å². The molecular weight excluding hydrogens is 350 g/mol. The monoisotopic (exact) mass is 387 g/mol. The highest BCUT2D eigenvalue weighted by atomic mass is 16.5. The van der Waals surface area contributed by atoms with Gasteiger partial charge in [-0.2, -0.15) is 0 Å². The second kappa shape index (κ2) is 11.3. The Morgan fingerprint density at radius 2 is 1.82 bits per heavy atom. The third-order valence-electron chi connectivity index (χ3n) is 5.97. The van der Waals surface area contributed by atoms with Gasteiger partial charge in [-0.05, 0) is 30.5 Å². The highest BCUT2D eigenvalue weighted by Crippen LogP contribution is 2.26. The van der Waals surface area contributed by atoms with E-state index >= 15 is 0 Å². The molecule has 1 aromatic rings. The molecule has 1 saturated heterocycles. The molecule has 1 saturated carbocycles. The molecule has 2 fully saturated rings. The Morgan fingerprint density at radius 1 is 1.11 bits per heavy atom. The summed E-state index contributed by atoms with van der Waals surface area (Å²) in [4.78, 5) is 9.22. The maximum atomic E-state index is 5.39. The van der Waals surface area contributed by atoms with E-state index in [9.17, 15) is 0 Å². The van der Waals surface area contributed by atoms with Gasteiger partial charge in [-0.3, -0.25) is 9.89 Å². The highest BCUT2D eigenvalue weighted by Gasteiger charge is 2.18. The first-order valence-corrected chi connectivity index (χ1v) is 10.8. The fourth-order valence-electron chi connectivity index (χ4n) is 4.09. The maximum absolute atomic E-state index is 5.39. The zero-order valence-corrected chi connectivity index (χ0v) is 17.6. The molecule has 0 aromatic heterocycles. The Bertz CT molecular complexity index is 591. The number of hydrogen-bond donors (Lipinski definition) is 2. The molecule has 6 heteroatoms. The van der Waals surface area contributed by atoms with Crippen molar-refractivity contribution in [1.29, 1.82) is 0 Å². The first-order valence-electron chi connectivity index (χ1n) is 10.8. The molecule has 0 unspecified atom stereocenters. The van der Waals surface area contributed by atoms with Gasteiger partial charge in [-0.1, -0.05) is 31.4 Å². The molecule has 0 amide bonds. The Morgan fingerprint density at radius 3 is 2.50 bits per heavy atom. The molecule has 6 nitrogen and oxygen atoms in total. The van der Waals surface area contributed by atoms with Crippen molar-refractivity contribution >= 4 is 11.6 Å². The number of benzene rings is 1. The van der Waals surface area contributed by atoms with Gasteiger partial charge in [-0.15, -0.1) is 0 Å². The number of ether oxygens (including phenoxy) is 1. The van der Waals surface area contributed by atoms with E-state index in [0.29, 0.717) is 6.04 Å². The molecule has 156 valence electrons. The molecule has 0 atom stereocenters. The summed E-state index contributed by atoms with van der Waals surface area (Å²) in [5.74, 6) is 0.858. The van der Waals surface area contributed by atoms with E-state index in [-0.39, 0.29) is 0 Å². The lowest BCUT2D eigenvalue weighted by Gasteiger charge is -2.33. The zero-order chi connectivity index (χ0) is 19.6. The van der Waals surface area contributed by atoms with Crippen molar-refractivity contribution in [2.45, 2.75) is 44.7 Å².